The summed E-state index contributed by atoms with van der Waals surface area (Å²) in [7, 11) is 8.43. The number of rotatable bonds is 10. The predicted molar refractivity (Wildman–Crippen MR) is 132 cm³/mol. The lowest BCUT2D eigenvalue weighted by Crippen LogP contribution is -2.31. The summed E-state index contributed by atoms with van der Waals surface area (Å²) in [5.74, 6) is 2.55. The SMILES string of the molecule is COc1ccc(CCN(C)CCn2nc(C)c3cc(OC)c(OC)cc3c2=O)cc1OC.Cl. The molecule has 33 heavy (non-hydrogen) atoms. The fraction of sp³-hybridized carbons (Fsp3) is 0.417. The Morgan fingerprint density at radius 2 is 1.42 bits per heavy atom. The van der Waals surface area contributed by atoms with Crippen molar-refractivity contribution < 1.29 is 18.9 Å². The zero-order valence-electron chi connectivity index (χ0n) is 20.0. The van der Waals surface area contributed by atoms with E-state index in [2.05, 4.69) is 10.00 Å². The molecule has 0 fully saturated rings. The van der Waals surface area contributed by atoms with Gasteiger partial charge < -0.3 is 23.8 Å². The molecular weight excluding hydrogens is 446 g/mol. The maximum atomic E-state index is 13.0. The summed E-state index contributed by atoms with van der Waals surface area (Å²) >= 11 is 0. The normalized spacial score (nSPS) is 10.8. The Kier molecular flexibility index (Phi) is 9.37. The van der Waals surface area contributed by atoms with Crippen LogP contribution in [-0.4, -0.2) is 63.3 Å². The van der Waals surface area contributed by atoms with Gasteiger partial charge in [-0.25, -0.2) is 4.68 Å². The van der Waals surface area contributed by atoms with Crippen LogP contribution in [0.3, 0.4) is 0 Å². The monoisotopic (exact) mass is 477 g/mol. The molecule has 0 aliphatic rings. The molecule has 3 aromatic rings. The Labute approximate surface area is 200 Å². The van der Waals surface area contributed by atoms with Gasteiger partial charge in [0.05, 0.1) is 46.1 Å². The van der Waals surface area contributed by atoms with Crippen LogP contribution in [0.5, 0.6) is 23.0 Å². The summed E-state index contributed by atoms with van der Waals surface area (Å²) in [5.41, 5.74) is 1.79. The highest BCUT2D eigenvalue weighted by molar-refractivity contribution is 5.87. The summed E-state index contributed by atoms with van der Waals surface area (Å²) in [6.07, 6.45) is 0.854. The number of nitrogens with zero attached hydrogens (tertiary/aromatic N) is 3. The van der Waals surface area contributed by atoms with Crippen LogP contribution in [0, 0.1) is 6.92 Å². The number of fused-ring (bicyclic) bond motifs is 1. The highest BCUT2D eigenvalue weighted by Crippen LogP contribution is 2.31. The zero-order valence-corrected chi connectivity index (χ0v) is 20.8. The fourth-order valence-corrected chi connectivity index (χ4v) is 3.66. The zero-order chi connectivity index (χ0) is 23.3. The van der Waals surface area contributed by atoms with Crippen LogP contribution in [0.25, 0.3) is 10.8 Å². The standard InChI is InChI=1S/C24H31N3O5.ClH/c1-16-18-14-22(31-5)23(32-6)15-19(18)24(28)27(25-16)12-11-26(2)10-9-17-7-8-20(29-3)21(13-17)30-4;/h7-8,13-15H,9-12H2,1-6H3;1H. The van der Waals surface area contributed by atoms with Gasteiger partial charge in [-0.15, -0.1) is 12.4 Å². The summed E-state index contributed by atoms with van der Waals surface area (Å²) in [6, 6.07) is 9.47. The minimum Gasteiger partial charge on any atom is -0.493 e. The third-order valence-corrected chi connectivity index (χ3v) is 5.57. The highest BCUT2D eigenvalue weighted by Gasteiger charge is 2.14. The van der Waals surface area contributed by atoms with Gasteiger partial charge in [-0.3, -0.25) is 4.79 Å². The molecule has 8 nitrogen and oxygen atoms in total. The van der Waals surface area contributed by atoms with E-state index in [1.165, 1.54) is 4.68 Å². The molecule has 0 bridgehead atoms. The lowest BCUT2D eigenvalue weighted by molar-refractivity contribution is 0.312. The van der Waals surface area contributed by atoms with Gasteiger partial charge in [-0.1, -0.05) is 6.07 Å². The van der Waals surface area contributed by atoms with Gasteiger partial charge in [0.1, 0.15) is 0 Å². The number of hydrogen-bond acceptors (Lipinski definition) is 7. The van der Waals surface area contributed by atoms with Gasteiger partial charge >= 0.3 is 0 Å². The number of likely N-dealkylation sites (N-methyl/N-ethyl adjacent to an activating group) is 1. The molecule has 1 heterocycles. The second-order valence-corrected chi connectivity index (χ2v) is 7.61. The molecule has 0 radical (unpaired) electrons. The number of halogens is 1. The quantitative estimate of drug-likeness (QED) is 0.443. The summed E-state index contributed by atoms with van der Waals surface area (Å²) < 4.78 is 22.9. The van der Waals surface area contributed by atoms with Gasteiger partial charge in [0.2, 0.25) is 0 Å². The molecule has 0 atom stereocenters. The maximum Gasteiger partial charge on any atom is 0.274 e. The number of aromatic nitrogens is 2. The van der Waals surface area contributed by atoms with E-state index in [0.717, 1.165) is 41.1 Å². The molecule has 0 spiro atoms. The first-order valence-corrected chi connectivity index (χ1v) is 10.4. The van der Waals surface area contributed by atoms with Crippen molar-refractivity contribution in [2.24, 2.45) is 0 Å². The van der Waals surface area contributed by atoms with Crippen molar-refractivity contribution in [3.8, 4) is 23.0 Å². The van der Waals surface area contributed by atoms with Gasteiger partial charge in [0, 0.05) is 18.5 Å². The van der Waals surface area contributed by atoms with E-state index >= 15 is 0 Å². The van der Waals surface area contributed by atoms with Crippen molar-refractivity contribution in [1.29, 1.82) is 0 Å². The Balaban J connectivity index is 0.00000385. The Morgan fingerprint density at radius 3 is 2.03 bits per heavy atom. The summed E-state index contributed by atoms with van der Waals surface area (Å²) in [5, 5.41) is 5.86. The molecule has 180 valence electrons. The Morgan fingerprint density at radius 1 is 0.848 bits per heavy atom. The molecule has 2 aromatic carbocycles. The van der Waals surface area contributed by atoms with Crippen LogP contribution in [-0.2, 0) is 13.0 Å². The van der Waals surface area contributed by atoms with Gasteiger partial charge in [-0.2, -0.15) is 5.10 Å². The smallest absolute Gasteiger partial charge is 0.274 e. The summed E-state index contributed by atoms with van der Waals surface area (Å²) in [6.45, 7) is 3.91. The number of hydrogen-bond donors (Lipinski definition) is 0. The third-order valence-electron chi connectivity index (χ3n) is 5.57. The molecule has 0 aliphatic heterocycles. The molecule has 3 rings (SSSR count). The average Bonchev–Trinajstić information content (AvgIpc) is 2.82. The van der Waals surface area contributed by atoms with Crippen molar-refractivity contribution >= 4 is 23.2 Å². The lowest BCUT2D eigenvalue weighted by Gasteiger charge is -2.18. The van der Waals surface area contributed by atoms with Gasteiger partial charge in [0.25, 0.3) is 5.56 Å². The lowest BCUT2D eigenvalue weighted by atomic mass is 10.1. The molecular formula is C24H32ClN3O5. The maximum absolute atomic E-state index is 13.0. The highest BCUT2D eigenvalue weighted by atomic mass is 35.5. The first-order chi connectivity index (χ1) is 15.4. The minimum absolute atomic E-state index is 0. The van der Waals surface area contributed by atoms with Gasteiger partial charge in [-0.05, 0) is 50.2 Å². The van der Waals surface area contributed by atoms with Crippen LogP contribution < -0.4 is 24.5 Å². The minimum atomic E-state index is -0.139. The van der Waals surface area contributed by atoms with Crippen molar-refractivity contribution in [3.63, 3.8) is 0 Å². The number of methoxy groups -OCH3 is 4. The Bertz CT molecular complexity index is 1150. The van der Waals surface area contributed by atoms with E-state index in [1.54, 1.807) is 40.6 Å². The van der Waals surface area contributed by atoms with Crippen LogP contribution in [0.15, 0.2) is 35.1 Å². The second kappa shape index (κ2) is 11.8. The fourth-order valence-electron chi connectivity index (χ4n) is 3.66. The largest absolute Gasteiger partial charge is 0.493 e. The number of aryl methyl sites for hydroxylation is 1. The first kappa shape index (κ1) is 26.3. The van der Waals surface area contributed by atoms with E-state index in [-0.39, 0.29) is 18.0 Å². The van der Waals surface area contributed by atoms with Gasteiger partial charge in [0.15, 0.2) is 23.0 Å². The van der Waals surface area contributed by atoms with E-state index in [0.29, 0.717) is 30.0 Å². The van der Waals surface area contributed by atoms with Crippen molar-refractivity contribution in [3.05, 3.63) is 51.9 Å². The summed E-state index contributed by atoms with van der Waals surface area (Å²) in [4.78, 5) is 15.2. The predicted octanol–water partition coefficient (Wildman–Crippen LogP) is 3.34. The van der Waals surface area contributed by atoms with E-state index < -0.39 is 0 Å². The molecule has 9 heteroatoms. The average molecular weight is 478 g/mol. The molecule has 0 saturated heterocycles. The van der Waals surface area contributed by atoms with Crippen molar-refractivity contribution in [2.45, 2.75) is 19.9 Å². The van der Waals surface area contributed by atoms with Crippen LogP contribution in [0.1, 0.15) is 11.3 Å². The molecule has 1 aromatic heterocycles. The van der Waals surface area contributed by atoms with Crippen LogP contribution >= 0.6 is 12.4 Å². The van der Waals surface area contributed by atoms with Crippen molar-refractivity contribution in [1.82, 2.24) is 14.7 Å². The number of ether oxygens (including phenoxy) is 4. The van der Waals surface area contributed by atoms with Crippen molar-refractivity contribution in [2.75, 3.05) is 48.6 Å². The van der Waals surface area contributed by atoms with Crippen LogP contribution in [0.4, 0.5) is 0 Å². The third kappa shape index (κ3) is 5.89. The van der Waals surface area contributed by atoms with E-state index in [4.69, 9.17) is 18.9 Å². The van der Waals surface area contributed by atoms with E-state index in [9.17, 15) is 4.79 Å². The first-order valence-electron chi connectivity index (χ1n) is 10.4. The second-order valence-electron chi connectivity index (χ2n) is 7.61. The number of benzene rings is 2. The Hall–Kier alpha value is -2.97. The van der Waals surface area contributed by atoms with E-state index in [1.807, 2.05) is 32.2 Å². The molecule has 0 N–H and O–H groups in total. The molecule has 0 aliphatic carbocycles. The molecule has 0 amide bonds. The van der Waals surface area contributed by atoms with Crippen LogP contribution in [0.2, 0.25) is 0 Å². The topological polar surface area (TPSA) is 75.0 Å². The molecule has 0 unspecified atom stereocenters. The molecule has 0 saturated carbocycles.